The predicted octanol–water partition coefficient (Wildman–Crippen LogP) is 4.82. The molecule has 7 nitrogen and oxygen atoms in total. The zero-order valence-corrected chi connectivity index (χ0v) is 21.8. The maximum Gasteiger partial charge on any atom is 0.238 e. The summed E-state index contributed by atoms with van der Waals surface area (Å²) in [4.78, 5) is 4.55. The molecule has 2 N–H and O–H groups in total. The lowest BCUT2D eigenvalue weighted by Crippen LogP contribution is -2.35. The van der Waals surface area contributed by atoms with Gasteiger partial charge in [-0.2, -0.15) is 0 Å². The van der Waals surface area contributed by atoms with Gasteiger partial charge in [0, 0.05) is 44.3 Å². The van der Waals surface area contributed by atoms with E-state index in [4.69, 9.17) is 19.0 Å². The summed E-state index contributed by atoms with van der Waals surface area (Å²) in [6.45, 7) is 1.32. The molecule has 1 atom stereocenters. The normalized spacial score (nSPS) is 15.8. The minimum atomic E-state index is -3.80. The van der Waals surface area contributed by atoms with E-state index < -0.39 is 10.0 Å². The number of benzene rings is 3. The van der Waals surface area contributed by atoms with Crippen LogP contribution in [0.1, 0.15) is 41.1 Å². The lowest BCUT2D eigenvalue weighted by Gasteiger charge is -2.36. The number of hydrogen-bond acceptors (Lipinski definition) is 6. The molecule has 1 fully saturated rings. The number of oxazole rings is 1. The number of nitrogens with zero attached hydrogens (tertiary/aromatic N) is 1. The van der Waals surface area contributed by atoms with Gasteiger partial charge < -0.3 is 13.9 Å². The molecule has 4 aromatic rings. The third kappa shape index (κ3) is 5.42. The van der Waals surface area contributed by atoms with E-state index in [9.17, 15) is 8.42 Å². The Kier molecular flexibility index (Phi) is 7.45. The zero-order chi connectivity index (χ0) is 26.6. The predicted molar refractivity (Wildman–Crippen MR) is 144 cm³/mol. The number of hydrogen-bond donors (Lipinski definition) is 1. The van der Waals surface area contributed by atoms with Gasteiger partial charge in [-0.25, -0.2) is 18.5 Å². The lowest BCUT2D eigenvalue weighted by molar-refractivity contribution is -0.0947. The molecule has 3 aromatic carbocycles. The molecular weight excluding hydrogens is 500 g/mol. The van der Waals surface area contributed by atoms with Crippen LogP contribution in [0.3, 0.4) is 0 Å². The van der Waals surface area contributed by atoms with Crippen LogP contribution in [0.25, 0.3) is 11.3 Å². The van der Waals surface area contributed by atoms with Crippen LogP contribution in [0.2, 0.25) is 0 Å². The van der Waals surface area contributed by atoms with Gasteiger partial charge in [-0.05, 0) is 47.5 Å². The summed E-state index contributed by atoms with van der Waals surface area (Å²) >= 11 is 0. The number of aromatic nitrogens is 1. The monoisotopic (exact) mass is 528 g/mol. The fourth-order valence-electron chi connectivity index (χ4n) is 4.78. The molecule has 0 saturated carbocycles. The summed E-state index contributed by atoms with van der Waals surface area (Å²) in [5, 5.41) is 5.25. The van der Waals surface area contributed by atoms with E-state index in [2.05, 4.69) is 29.0 Å². The van der Waals surface area contributed by atoms with Crippen LogP contribution in [-0.2, 0) is 25.1 Å². The first-order valence-corrected chi connectivity index (χ1v) is 13.8. The molecule has 0 radical (unpaired) electrons. The molecule has 0 amide bonds. The third-order valence-electron chi connectivity index (χ3n) is 6.89. The van der Waals surface area contributed by atoms with Crippen LogP contribution in [0, 0.1) is 11.8 Å². The number of ether oxygens (including phenoxy) is 2. The van der Waals surface area contributed by atoms with Crippen LogP contribution in [0.5, 0.6) is 0 Å². The molecule has 38 heavy (non-hydrogen) atoms. The van der Waals surface area contributed by atoms with E-state index in [-0.39, 0.29) is 16.4 Å². The quantitative estimate of drug-likeness (QED) is 0.360. The van der Waals surface area contributed by atoms with E-state index in [1.54, 1.807) is 19.2 Å². The SMILES string of the molecule is COC1(c2cccc(C#CC(c3ccccc3)c3ncoc3-c3ccc(S(N)(=O)=O)cc3)c2)CCOCC1. The Morgan fingerprint density at radius 1 is 1.00 bits per heavy atom. The average molecular weight is 529 g/mol. The van der Waals surface area contributed by atoms with Crippen molar-refractivity contribution in [1.29, 1.82) is 0 Å². The van der Waals surface area contributed by atoms with E-state index in [0.717, 1.165) is 29.5 Å². The number of nitrogens with two attached hydrogens (primary N) is 1. The maximum atomic E-state index is 11.7. The van der Waals surface area contributed by atoms with Gasteiger partial charge in [0.15, 0.2) is 12.2 Å². The largest absolute Gasteiger partial charge is 0.443 e. The third-order valence-corrected chi connectivity index (χ3v) is 7.82. The molecule has 194 valence electrons. The van der Waals surface area contributed by atoms with Gasteiger partial charge in [-0.15, -0.1) is 0 Å². The van der Waals surface area contributed by atoms with Crippen molar-refractivity contribution < 1.29 is 22.3 Å². The van der Waals surface area contributed by atoms with E-state index in [1.165, 1.54) is 18.5 Å². The van der Waals surface area contributed by atoms with E-state index in [1.807, 2.05) is 42.5 Å². The van der Waals surface area contributed by atoms with E-state index >= 15 is 0 Å². The van der Waals surface area contributed by atoms with Crippen molar-refractivity contribution in [2.75, 3.05) is 20.3 Å². The van der Waals surface area contributed by atoms with Gasteiger partial charge in [0.1, 0.15) is 5.69 Å². The molecule has 5 rings (SSSR count). The van der Waals surface area contributed by atoms with Crippen molar-refractivity contribution in [2.24, 2.45) is 5.14 Å². The molecule has 0 aliphatic carbocycles. The Morgan fingerprint density at radius 2 is 1.74 bits per heavy atom. The Bertz CT molecular complexity index is 1560. The van der Waals surface area contributed by atoms with Crippen molar-refractivity contribution in [3.63, 3.8) is 0 Å². The van der Waals surface area contributed by atoms with E-state index in [0.29, 0.717) is 30.2 Å². The first-order chi connectivity index (χ1) is 18.4. The Morgan fingerprint density at radius 3 is 2.42 bits per heavy atom. The highest BCUT2D eigenvalue weighted by molar-refractivity contribution is 7.89. The van der Waals surface area contributed by atoms with Crippen molar-refractivity contribution in [2.45, 2.75) is 29.3 Å². The second-order valence-electron chi connectivity index (χ2n) is 9.14. The van der Waals surface area contributed by atoms with Crippen LogP contribution in [0.15, 0.2) is 94.6 Å². The first kappa shape index (κ1) is 25.9. The summed E-state index contributed by atoms with van der Waals surface area (Å²) in [6.07, 6.45) is 2.96. The maximum absolute atomic E-state index is 11.7. The van der Waals surface area contributed by atoms with Crippen molar-refractivity contribution in [3.8, 4) is 23.2 Å². The first-order valence-electron chi connectivity index (χ1n) is 12.3. The van der Waals surface area contributed by atoms with Crippen molar-refractivity contribution in [3.05, 3.63) is 108 Å². The highest BCUT2D eigenvalue weighted by Gasteiger charge is 2.34. The molecule has 1 aliphatic heterocycles. The van der Waals surface area contributed by atoms with Crippen LogP contribution >= 0.6 is 0 Å². The van der Waals surface area contributed by atoms with Gasteiger partial charge in [0.2, 0.25) is 10.0 Å². The topological polar surface area (TPSA) is 105 Å². The van der Waals surface area contributed by atoms with Gasteiger partial charge >= 0.3 is 0 Å². The van der Waals surface area contributed by atoms with Crippen LogP contribution in [-0.4, -0.2) is 33.7 Å². The molecule has 8 heteroatoms. The summed E-state index contributed by atoms with van der Waals surface area (Å²) in [5.41, 5.74) is 3.86. The van der Waals surface area contributed by atoms with Crippen LogP contribution < -0.4 is 5.14 Å². The minimum Gasteiger partial charge on any atom is -0.443 e. The minimum absolute atomic E-state index is 0.0277. The molecule has 1 aromatic heterocycles. The smallest absolute Gasteiger partial charge is 0.238 e. The Labute approximate surface area is 222 Å². The summed E-state index contributed by atoms with van der Waals surface area (Å²) in [6, 6.07) is 24.2. The summed E-state index contributed by atoms with van der Waals surface area (Å²) in [7, 11) is -2.05. The van der Waals surface area contributed by atoms with Gasteiger partial charge in [0.25, 0.3) is 0 Å². The lowest BCUT2D eigenvalue weighted by atomic mass is 9.85. The standard InChI is InChI=1S/C30H28N2O5S/c1-35-30(16-18-36-19-17-30)25-9-5-6-22(20-25)10-15-27(23-7-3-2-4-8-23)28-29(37-21-32-28)24-11-13-26(14-12-24)38(31,33)34/h2-9,11-14,20-21,27H,16-19H2,1H3,(H2,31,33,34). The number of methoxy groups -OCH3 is 1. The van der Waals surface area contributed by atoms with Gasteiger partial charge in [-0.3, -0.25) is 0 Å². The van der Waals surface area contributed by atoms with Gasteiger partial charge in [0.05, 0.1) is 16.4 Å². The molecular formula is C30H28N2O5S. The number of rotatable bonds is 6. The Balaban J connectivity index is 1.53. The Hall–Kier alpha value is -3.74. The summed E-state index contributed by atoms with van der Waals surface area (Å²) in [5.74, 6) is 6.89. The zero-order valence-electron chi connectivity index (χ0n) is 21.0. The fraction of sp³-hybridized carbons (Fsp3) is 0.233. The molecule has 1 aliphatic rings. The van der Waals surface area contributed by atoms with Crippen LogP contribution in [0.4, 0.5) is 0 Å². The second kappa shape index (κ2) is 10.9. The fourth-order valence-corrected chi connectivity index (χ4v) is 5.29. The molecule has 0 bridgehead atoms. The number of sulfonamides is 1. The summed E-state index contributed by atoms with van der Waals surface area (Å²) < 4.78 is 40.7. The van der Waals surface area contributed by atoms with Crippen molar-refractivity contribution >= 4 is 10.0 Å². The highest BCUT2D eigenvalue weighted by atomic mass is 32.2. The van der Waals surface area contributed by atoms with Gasteiger partial charge in [-0.1, -0.05) is 54.3 Å². The molecule has 2 heterocycles. The number of primary sulfonamides is 1. The molecule has 1 unspecified atom stereocenters. The average Bonchev–Trinajstić information content (AvgIpc) is 3.43. The van der Waals surface area contributed by atoms with Crippen molar-refractivity contribution in [1.82, 2.24) is 4.98 Å². The molecule has 0 spiro atoms. The highest BCUT2D eigenvalue weighted by Crippen LogP contribution is 2.36. The molecule has 1 saturated heterocycles. The second-order valence-corrected chi connectivity index (χ2v) is 10.7.